The molecule has 0 spiro atoms. The Bertz CT molecular complexity index is 732. The van der Waals surface area contributed by atoms with E-state index in [4.69, 9.17) is 4.74 Å². The number of hydrogen-bond donors (Lipinski definition) is 3. The van der Waals surface area contributed by atoms with Crippen LogP contribution in [0.3, 0.4) is 0 Å². The predicted molar refractivity (Wildman–Crippen MR) is 110 cm³/mol. The summed E-state index contributed by atoms with van der Waals surface area (Å²) < 4.78 is 5.15. The molecule has 28 heavy (non-hydrogen) atoms. The Balaban J connectivity index is 2.00. The van der Waals surface area contributed by atoms with Gasteiger partial charge in [0.2, 0.25) is 0 Å². The maximum absolute atomic E-state index is 11.9. The van der Waals surface area contributed by atoms with Crippen LogP contribution in [0, 0.1) is 0 Å². The van der Waals surface area contributed by atoms with Gasteiger partial charge in [0.05, 0.1) is 0 Å². The fraction of sp³-hybridized carbons (Fsp3) is 0.435. The Morgan fingerprint density at radius 1 is 0.929 bits per heavy atom. The first-order chi connectivity index (χ1) is 13.3. The summed E-state index contributed by atoms with van der Waals surface area (Å²) in [6.45, 7) is 8.28. The highest BCUT2D eigenvalue weighted by Crippen LogP contribution is 2.33. The van der Waals surface area contributed by atoms with Crippen LogP contribution < -0.4 is 5.32 Å². The normalized spacial score (nSPS) is 13.4. The van der Waals surface area contributed by atoms with Gasteiger partial charge in [0.25, 0.3) is 0 Å². The summed E-state index contributed by atoms with van der Waals surface area (Å²) in [5.74, 6) is 0.415. The number of rotatable bonds is 8. The minimum atomic E-state index is -1.14. The molecule has 0 heterocycles. The van der Waals surface area contributed by atoms with E-state index in [1.807, 2.05) is 48.5 Å². The van der Waals surface area contributed by atoms with Crippen LogP contribution in [-0.2, 0) is 11.3 Å². The Kier molecular flexibility index (Phi) is 8.03. The molecular weight excluding hydrogens is 354 g/mol. The summed E-state index contributed by atoms with van der Waals surface area (Å²) in [4.78, 5) is 11.9. The van der Waals surface area contributed by atoms with Crippen molar-refractivity contribution in [2.75, 3.05) is 6.54 Å². The number of nitrogens with one attached hydrogen (secondary N) is 1. The number of amides is 1. The molecule has 2 rings (SSSR count). The van der Waals surface area contributed by atoms with Crippen molar-refractivity contribution >= 4 is 6.09 Å². The molecule has 1 amide bonds. The van der Waals surface area contributed by atoms with Gasteiger partial charge < -0.3 is 20.3 Å². The molecule has 2 aromatic rings. The quantitative estimate of drug-likeness (QED) is 0.635. The summed E-state index contributed by atoms with van der Waals surface area (Å²) in [6.07, 6.45) is -2.86. The standard InChI is InChI=1S/C23H31NO4/c1-15(2)18-11-8-12-19(16(3)4)21(18)22(26)20(25)13-24-23(27)28-14-17-9-6-5-7-10-17/h5-12,15-16,20,22,25-26H,13-14H2,1-4H3,(H,24,27). The Morgan fingerprint density at radius 3 is 2.04 bits per heavy atom. The Morgan fingerprint density at radius 2 is 1.50 bits per heavy atom. The van der Waals surface area contributed by atoms with Crippen molar-refractivity contribution in [3.63, 3.8) is 0 Å². The topological polar surface area (TPSA) is 78.8 Å². The number of alkyl carbamates (subject to hydrolysis) is 1. The lowest BCUT2D eigenvalue weighted by Gasteiger charge is -2.26. The average Bonchev–Trinajstić information content (AvgIpc) is 2.69. The monoisotopic (exact) mass is 385 g/mol. The molecular formula is C23H31NO4. The molecule has 0 aliphatic carbocycles. The van der Waals surface area contributed by atoms with E-state index < -0.39 is 18.3 Å². The van der Waals surface area contributed by atoms with Crippen LogP contribution >= 0.6 is 0 Å². The highest BCUT2D eigenvalue weighted by Gasteiger charge is 2.26. The van der Waals surface area contributed by atoms with E-state index in [1.165, 1.54) is 0 Å². The van der Waals surface area contributed by atoms with Gasteiger partial charge in [0.1, 0.15) is 18.8 Å². The van der Waals surface area contributed by atoms with Crippen LogP contribution in [0.5, 0.6) is 0 Å². The molecule has 2 atom stereocenters. The molecule has 5 nitrogen and oxygen atoms in total. The zero-order valence-corrected chi connectivity index (χ0v) is 17.1. The maximum atomic E-state index is 11.9. The number of carbonyl (C=O) groups excluding carboxylic acids is 1. The maximum Gasteiger partial charge on any atom is 0.407 e. The SMILES string of the molecule is CC(C)c1cccc(C(C)C)c1C(O)C(O)CNC(=O)OCc1ccccc1. The molecule has 0 saturated carbocycles. The second kappa shape index (κ2) is 10.2. The predicted octanol–water partition coefficient (Wildman–Crippen LogP) is 4.25. The average molecular weight is 386 g/mol. The van der Waals surface area contributed by atoms with Gasteiger partial charge in [0, 0.05) is 6.54 Å². The summed E-state index contributed by atoms with van der Waals surface area (Å²) in [5, 5.41) is 23.9. The molecule has 2 aromatic carbocycles. The number of carbonyl (C=O) groups is 1. The molecule has 0 bridgehead atoms. The van der Waals surface area contributed by atoms with Crippen LogP contribution in [0.4, 0.5) is 4.79 Å². The van der Waals surface area contributed by atoms with Crippen LogP contribution in [0.25, 0.3) is 0 Å². The van der Waals surface area contributed by atoms with Crippen molar-refractivity contribution in [1.82, 2.24) is 5.32 Å². The fourth-order valence-electron chi connectivity index (χ4n) is 3.22. The second-order valence-corrected chi connectivity index (χ2v) is 7.61. The number of aliphatic hydroxyl groups excluding tert-OH is 2. The molecule has 0 fully saturated rings. The van der Waals surface area contributed by atoms with Crippen LogP contribution in [-0.4, -0.2) is 29.0 Å². The van der Waals surface area contributed by atoms with Gasteiger partial charge in [-0.15, -0.1) is 0 Å². The number of hydrogen-bond acceptors (Lipinski definition) is 4. The number of ether oxygens (including phenoxy) is 1. The van der Waals surface area contributed by atoms with Crippen molar-refractivity contribution in [2.24, 2.45) is 0 Å². The van der Waals surface area contributed by atoms with Gasteiger partial charge in [0.15, 0.2) is 0 Å². The third-order valence-electron chi connectivity index (χ3n) is 4.75. The highest BCUT2D eigenvalue weighted by atomic mass is 16.5. The summed E-state index contributed by atoms with van der Waals surface area (Å²) >= 11 is 0. The van der Waals surface area contributed by atoms with E-state index in [1.54, 1.807) is 0 Å². The van der Waals surface area contributed by atoms with E-state index >= 15 is 0 Å². The summed E-state index contributed by atoms with van der Waals surface area (Å²) in [6, 6.07) is 15.3. The highest BCUT2D eigenvalue weighted by molar-refractivity contribution is 5.67. The van der Waals surface area contributed by atoms with Gasteiger partial charge in [-0.1, -0.05) is 76.2 Å². The van der Waals surface area contributed by atoms with Gasteiger partial charge in [-0.25, -0.2) is 4.79 Å². The lowest BCUT2D eigenvalue weighted by Crippen LogP contribution is -2.36. The van der Waals surface area contributed by atoms with Crippen molar-refractivity contribution in [2.45, 2.75) is 58.3 Å². The van der Waals surface area contributed by atoms with Gasteiger partial charge in [-0.05, 0) is 34.1 Å². The summed E-state index contributed by atoms with van der Waals surface area (Å²) in [5.41, 5.74) is 3.64. The van der Waals surface area contributed by atoms with E-state index in [0.29, 0.717) is 0 Å². The first-order valence-corrected chi connectivity index (χ1v) is 9.74. The minimum Gasteiger partial charge on any atom is -0.445 e. The van der Waals surface area contributed by atoms with Gasteiger partial charge >= 0.3 is 6.09 Å². The Labute approximate surface area is 167 Å². The molecule has 0 aliphatic rings. The van der Waals surface area contributed by atoms with Crippen LogP contribution in [0.1, 0.15) is 67.9 Å². The lowest BCUT2D eigenvalue weighted by molar-refractivity contribution is 0.0171. The smallest absolute Gasteiger partial charge is 0.407 e. The van der Waals surface area contributed by atoms with Crippen molar-refractivity contribution < 1.29 is 19.7 Å². The zero-order valence-electron chi connectivity index (χ0n) is 17.1. The molecule has 3 N–H and O–H groups in total. The largest absolute Gasteiger partial charge is 0.445 e. The van der Waals surface area contributed by atoms with Crippen molar-refractivity contribution in [1.29, 1.82) is 0 Å². The van der Waals surface area contributed by atoms with Crippen LogP contribution in [0.15, 0.2) is 48.5 Å². The molecule has 0 aromatic heterocycles. The van der Waals surface area contributed by atoms with Crippen LogP contribution in [0.2, 0.25) is 0 Å². The van der Waals surface area contributed by atoms with E-state index in [0.717, 1.165) is 22.3 Å². The first-order valence-electron chi connectivity index (χ1n) is 9.74. The number of aliphatic hydroxyl groups is 2. The number of benzene rings is 2. The van der Waals surface area contributed by atoms with Gasteiger partial charge in [-0.2, -0.15) is 0 Å². The van der Waals surface area contributed by atoms with E-state index in [9.17, 15) is 15.0 Å². The summed E-state index contributed by atoms with van der Waals surface area (Å²) in [7, 11) is 0. The zero-order chi connectivity index (χ0) is 20.7. The Hall–Kier alpha value is -2.37. The van der Waals surface area contributed by atoms with E-state index in [2.05, 4.69) is 33.0 Å². The third kappa shape index (κ3) is 5.81. The second-order valence-electron chi connectivity index (χ2n) is 7.61. The molecule has 0 aliphatic heterocycles. The fourth-order valence-corrected chi connectivity index (χ4v) is 3.22. The van der Waals surface area contributed by atoms with Crippen molar-refractivity contribution in [3.05, 3.63) is 70.8 Å². The van der Waals surface area contributed by atoms with Gasteiger partial charge in [-0.3, -0.25) is 0 Å². The van der Waals surface area contributed by atoms with Crippen molar-refractivity contribution in [3.8, 4) is 0 Å². The van der Waals surface area contributed by atoms with E-state index in [-0.39, 0.29) is 25.0 Å². The molecule has 152 valence electrons. The first kappa shape index (κ1) is 21.9. The minimum absolute atomic E-state index is 0.0985. The third-order valence-corrected chi connectivity index (χ3v) is 4.75. The molecule has 0 saturated heterocycles. The molecule has 2 unspecified atom stereocenters. The molecule has 5 heteroatoms. The lowest BCUT2D eigenvalue weighted by atomic mass is 9.84. The molecule has 0 radical (unpaired) electrons.